The van der Waals surface area contributed by atoms with E-state index in [4.69, 9.17) is 20.1 Å². The number of nitrogens with zero attached hydrogens (tertiary/aromatic N) is 1. The predicted octanol–water partition coefficient (Wildman–Crippen LogP) is 0.234. The highest BCUT2D eigenvalue weighted by Gasteiger charge is 2.17. The number of hydrogen-bond acceptors (Lipinski definition) is 6. The second-order valence-electron chi connectivity index (χ2n) is 2.53. The molecule has 88 valence electrons. The Morgan fingerprint density at radius 3 is 2.62 bits per heavy atom. The summed E-state index contributed by atoms with van der Waals surface area (Å²) in [6.45, 7) is 3.78. The van der Waals surface area contributed by atoms with Crippen LogP contribution in [0.3, 0.4) is 0 Å². The summed E-state index contributed by atoms with van der Waals surface area (Å²) < 4.78 is 32.3. The first-order chi connectivity index (χ1) is 7.58. The Balaban J connectivity index is 3.99. The van der Waals surface area contributed by atoms with E-state index in [1.165, 1.54) is 12.3 Å². The first-order valence-electron chi connectivity index (χ1n) is 4.31. The van der Waals surface area contributed by atoms with Crippen LogP contribution in [0.4, 0.5) is 0 Å². The van der Waals surface area contributed by atoms with Crippen LogP contribution >= 0.6 is 0 Å². The molecule has 0 fully saturated rings. The molecule has 0 spiro atoms. The van der Waals surface area contributed by atoms with E-state index in [1.54, 1.807) is 5.87 Å². The van der Waals surface area contributed by atoms with Crippen molar-refractivity contribution in [2.75, 3.05) is 25.6 Å². The predicted molar refractivity (Wildman–Crippen MR) is 57.6 cm³/mol. The molecule has 0 unspecified atom stereocenters. The Morgan fingerprint density at radius 2 is 2.12 bits per heavy atom. The summed E-state index contributed by atoms with van der Waals surface area (Å²) in [6, 6.07) is 1.39. The van der Waals surface area contributed by atoms with Gasteiger partial charge in [0, 0.05) is 5.87 Å². The number of sulfone groups is 1. The molecular formula is C9H12N2O4S. The summed E-state index contributed by atoms with van der Waals surface area (Å²) in [4.78, 5) is -0.682. The van der Waals surface area contributed by atoms with Gasteiger partial charge in [-0.05, 0) is 0 Å². The van der Waals surface area contributed by atoms with Gasteiger partial charge in [-0.25, -0.2) is 8.42 Å². The van der Waals surface area contributed by atoms with Crippen LogP contribution in [0, 0.1) is 16.7 Å². The average molecular weight is 244 g/mol. The van der Waals surface area contributed by atoms with E-state index in [2.05, 4.69) is 6.58 Å². The standard InChI is InChI=1S/C9H12N2O4S/c1-2-14-3-4-15-5-6-16(12,13)9(7-10)8-11/h2,10H,1,3-6H2. The third-order valence-corrected chi connectivity index (χ3v) is 3.01. The zero-order chi connectivity index (χ0) is 12.4. The highest BCUT2D eigenvalue weighted by atomic mass is 32.2. The quantitative estimate of drug-likeness (QED) is 0.285. The third kappa shape index (κ3) is 5.32. The third-order valence-electron chi connectivity index (χ3n) is 1.49. The van der Waals surface area contributed by atoms with Crippen molar-refractivity contribution in [3.63, 3.8) is 0 Å². The van der Waals surface area contributed by atoms with Crippen LogP contribution in [0.2, 0.25) is 0 Å². The molecule has 0 aromatic heterocycles. The highest BCUT2D eigenvalue weighted by molar-refractivity contribution is 7.95. The molecule has 0 aliphatic rings. The zero-order valence-corrected chi connectivity index (χ0v) is 9.42. The van der Waals surface area contributed by atoms with Crippen LogP contribution in [0.15, 0.2) is 17.7 Å². The molecule has 0 atom stereocenters. The van der Waals surface area contributed by atoms with Gasteiger partial charge in [-0.1, -0.05) is 6.58 Å². The van der Waals surface area contributed by atoms with Crippen molar-refractivity contribution in [3.8, 4) is 6.07 Å². The summed E-state index contributed by atoms with van der Waals surface area (Å²) >= 11 is 0. The molecule has 0 amide bonds. The van der Waals surface area contributed by atoms with Gasteiger partial charge in [-0.15, -0.1) is 0 Å². The Kier molecular flexibility index (Phi) is 6.88. The monoisotopic (exact) mass is 244 g/mol. The molecule has 7 heteroatoms. The number of nitrogens with one attached hydrogen (secondary N) is 1. The Hall–Kier alpha value is -1.61. The van der Waals surface area contributed by atoms with Crippen molar-refractivity contribution in [1.29, 1.82) is 10.7 Å². The summed E-state index contributed by atoms with van der Waals surface area (Å²) in [5, 5.41) is 15.0. The largest absolute Gasteiger partial charge is 0.499 e. The lowest BCUT2D eigenvalue weighted by Crippen LogP contribution is -2.15. The van der Waals surface area contributed by atoms with E-state index >= 15 is 0 Å². The van der Waals surface area contributed by atoms with Crippen LogP contribution in [-0.2, 0) is 19.3 Å². The maximum atomic E-state index is 11.3. The molecule has 0 rings (SSSR count). The van der Waals surface area contributed by atoms with Crippen LogP contribution in [-0.4, -0.2) is 39.9 Å². The van der Waals surface area contributed by atoms with E-state index in [0.717, 1.165) is 0 Å². The van der Waals surface area contributed by atoms with Crippen LogP contribution in [0.5, 0.6) is 0 Å². The number of allylic oxidation sites excluding steroid dienone is 1. The Morgan fingerprint density at radius 1 is 1.44 bits per heavy atom. The molecule has 6 nitrogen and oxygen atoms in total. The zero-order valence-electron chi connectivity index (χ0n) is 8.60. The van der Waals surface area contributed by atoms with E-state index < -0.39 is 14.7 Å². The van der Waals surface area contributed by atoms with Gasteiger partial charge in [0.25, 0.3) is 0 Å². The lowest BCUT2D eigenvalue weighted by molar-refractivity contribution is 0.0945. The van der Waals surface area contributed by atoms with E-state index in [-0.39, 0.29) is 25.6 Å². The number of hydrogen-bond donors (Lipinski definition) is 1. The molecule has 0 aromatic rings. The van der Waals surface area contributed by atoms with Crippen LogP contribution in [0.1, 0.15) is 0 Å². The van der Waals surface area contributed by atoms with Gasteiger partial charge in [0.1, 0.15) is 12.7 Å². The van der Waals surface area contributed by atoms with Gasteiger partial charge in [-0.3, -0.25) is 5.41 Å². The van der Waals surface area contributed by atoms with Gasteiger partial charge in [0.15, 0.2) is 9.84 Å². The normalized spacial score (nSPS) is 9.94. The summed E-state index contributed by atoms with van der Waals surface area (Å²) in [5.41, 5.74) is 0. The van der Waals surface area contributed by atoms with Gasteiger partial charge in [-0.2, -0.15) is 5.26 Å². The highest BCUT2D eigenvalue weighted by Crippen LogP contribution is 2.02. The van der Waals surface area contributed by atoms with Crippen LogP contribution < -0.4 is 0 Å². The maximum absolute atomic E-state index is 11.3. The summed E-state index contributed by atoms with van der Waals surface area (Å²) in [5.74, 6) is 1.23. The minimum Gasteiger partial charge on any atom is -0.499 e. The number of nitriles is 1. The van der Waals surface area contributed by atoms with Crippen molar-refractivity contribution < 1.29 is 17.9 Å². The molecular weight excluding hydrogens is 232 g/mol. The topological polar surface area (TPSA) is 100 Å². The van der Waals surface area contributed by atoms with Crippen LogP contribution in [0.25, 0.3) is 0 Å². The Bertz CT molecular complexity index is 415. The van der Waals surface area contributed by atoms with Gasteiger partial charge >= 0.3 is 0 Å². The molecule has 1 N–H and O–H groups in total. The molecule has 16 heavy (non-hydrogen) atoms. The fourth-order valence-electron chi connectivity index (χ4n) is 0.738. The Labute approximate surface area is 94.2 Å². The second-order valence-corrected chi connectivity index (χ2v) is 4.58. The SMILES string of the molecule is C=COCCOCCS(=O)(=O)C(=C=N)C#N. The minimum atomic E-state index is -3.74. The first-order valence-corrected chi connectivity index (χ1v) is 5.96. The molecule has 0 radical (unpaired) electrons. The van der Waals surface area contributed by atoms with Gasteiger partial charge in [0.05, 0.1) is 25.2 Å². The van der Waals surface area contributed by atoms with Crippen molar-refractivity contribution in [1.82, 2.24) is 0 Å². The smallest absolute Gasteiger partial charge is 0.204 e. The molecule has 0 saturated carbocycles. The van der Waals surface area contributed by atoms with E-state index in [9.17, 15) is 8.42 Å². The fourth-order valence-corrected chi connectivity index (χ4v) is 1.57. The fraction of sp³-hybridized carbons (Fsp3) is 0.444. The van der Waals surface area contributed by atoms with Crippen molar-refractivity contribution in [2.24, 2.45) is 0 Å². The van der Waals surface area contributed by atoms with E-state index in [0.29, 0.717) is 0 Å². The first kappa shape index (κ1) is 14.4. The molecule has 0 aromatic carbocycles. The molecule has 0 saturated heterocycles. The lowest BCUT2D eigenvalue weighted by atomic mass is 10.7. The number of rotatable bonds is 8. The second kappa shape index (κ2) is 7.65. The molecule has 0 bridgehead atoms. The average Bonchev–Trinajstić information content (AvgIpc) is 2.24. The molecule has 0 aliphatic heterocycles. The van der Waals surface area contributed by atoms with Crippen molar-refractivity contribution in [2.45, 2.75) is 0 Å². The lowest BCUT2D eigenvalue weighted by Gasteiger charge is -2.03. The number of ether oxygens (including phenoxy) is 2. The summed E-state index contributed by atoms with van der Waals surface area (Å²) in [7, 11) is -3.74. The minimum absolute atomic E-state index is 0.0598. The van der Waals surface area contributed by atoms with Crippen molar-refractivity contribution >= 4 is 15.7 Å². The van der Waals surface area contributed by atoms with Gasteiger partial charge < -0.3 is 9.47 Å². The van der Waals surface area contributed by atoms with Crippen molar-refractivity contribution in [3.05, 3.63) is 17.7 Å². The molecule has 0 heterocycles. The maximum Gasteiger partial charge on any atom is 0.204 e. The van der Waals surface area contributed by atoms with E-state index in [1.807, 2.05) is 0 Å². The summed E-state index contributed by atoms with van der Waals surface area (Å²) in [6.07, 6.45) is 1.26. The molecule has 0 aliphatic carbocycles. The van der Waals surface area contributed by atoms with Gasteiger partial charge in [0.2, 0.25) is 4.91 Å².